The van der Waals surface area contributed by atoms with E-state index in [1.54, 1.807) is 6.07 Å². The highest BCUT2D eigenvalue weighted by Crippen LogP contribution is 2.28. The summed E-state index contributed by atoms with van der Waals surface area (Å²) in [6.45, 7) is 8.34. The molecule has 1 amide bonds. The van der Waals surface area contributed by atoms with Crippen molar-refractivity contribution in [2.75, 3.05) is 13.1 Å². The lowest BCUT2D eigenvalue weighted by Crippen LogP contribution is -2.53. The molecule has 0 aliphatic carbocycles. The molecule has 1 aliphatic rings. The van der Waals surface area contributed by atoms with E-state index in [2.05, 4.69) is 28.8 Å². The molecule has 0 spiro atoms. The Labute approximate surface area is 208 Å². The minimum atomic E-state index is -3.93. The van der Waals surface area contributed by atoms with E-state index in [9.17, 15) is 13.2 Å². The number of aryl methyl sites for hydroxylation is 1. The Bertz CT molecular complexity index is 1270. The third kappa shape index (κ3) is 5.92. The van der Waals surface area contributed by atoms with Crippen LogP contribution < -0.4 is 10.0 Å². The third-order valence-electron chi connectivity index (χ3n) is 7.04. The van der Waals surface area contributed by atoms with Gasteiger partial charge in [0.05, 0.1) is 4.90 Å². The van der Waals surface area contributed by atoms with E-state index < -0.39 is 16.1 Å². The van der Waals surface area contributed by atoms with Crippen LogP contribution in [0.25, 0.3) is 10.8 Å². The van der Waals surface area contributed by atoms with Gasteiger partial charge in [0.2, 0.25) is 15.9 Å². The first-order chi connectivity index (χ1) is 16.8. The third-order valence-corrected chi connectivity index (χ3v) is 8.54. The average molecular weight is 494 g/mol. The highest BCUT2D eigenvalue weighted by atomic mass is 32.2. The molecule has 1 aliphatic heterocycles. The van der Waals surface area contributed by atoms with E-state index in [1.165, 1.54) is 0 Å². The van der Waals surface area contributed by atoms with Gasteiger partial charge in [0.25, 0.3) is 0 Å². The molecule has 1 atom stereocenters. The minimum Gasteiger partial charge on any atom is -0.351 e. The molecule has 4 rings (SSSR count). The summed E-state index contributed by atoms with van der Waals surface area (Å²) in [5, 5.41) is 4.53. The molecule has 7 heteroatoms. The number of nitrogens with one attached hydrogen (secondary N) is 2. The molecule has 3 aromatic rings. The number of piperidine rings is 1. The van der Waals surface area contributed by atoms with Crippen LogP contribution in [0.15, 0.2) is 71.6 Å². The first kappa shape index (κ1) is 25.4. The van der Waals surface area contributed by atoms with Crippen molar-refractivity contribution in [3.63, 3.8) is 0 Å². The molecule has 0 saturated carbocycles. The van der Waals surface area contributed by atoms with Crippen molar-refractivity contribution in [1.82, 2.24) is 14.9 Å². The maximum absolute atomic E-state index is 13.7. The summed E-state index contributed by atoms with van der Waals surface area (Å²) >= 11 is 0. The van der Waals surface area contributed by atoms with Crippen LogP contribution in [0.2, 0.25) is 0 Å². The van der Waals surface area contributed by atoms with Gasteiger partial charge in [-0.3, -0.25) is 4.79 Å². The van der Waals surface area contributed by atoms with Crippen molar-refractivity contribution in [1.29, 1.82) is 0 Å². The Kier molecular flexibility index (Phi) is 7.89. The maximum Gasteiger partial charge on any atom is 0.241 e. The molecule has 1 heterocycles. The largest absolute Gasteiger partial charge is 0.351 e. The number of hydrogen-bond acceptors (Lipinski definition) is 4. The molecular weight excluding hydrogens is 458 g/mol. The topological polar surface area (TPSA) is 78.5 Å². The molecule has 6 nitrogen and oxygen atoms in total. The summed E-state index contributed by atoms with van der Waals surface area (Å²) in [6.07, 6.45) is 1.53. The van der Waals surface area contributed by atoms with Gasteiger partial charge in [-0.25, -0.2) is 8.42 Å². The van der Waals surface area contributed by atoms with Crippen molar-refractivity contribution < 1.29 is 13.2 Å². The van der Waals surface area contributed by atoms with Crippen LogP contribution in [-0.2, 0) is 21.4 Å². The number of amides is 1. The lowest BCUT2D eigenvalue weighted by molar-refractivity contribution is -0.124. The zero-order valence-electron chi connectivity index (χ0n) is 20.7. The molecule has 0 bridgehead atoms. The summed E-state index contributed by atoms with van der Waals surface area (Å²) in [4.78, 5) is 16.0. The molecule has 0 radical (unpaired) electrons. The van der Waals surface area contributed by atoms with Crippen molar-refractivity contribution in [2.45, 2.75) is 57.1 Å². The van der Waals surface area contributed by atoms with E-state index >= 15 is 0 Å². The zero-order valence-corrected chi connectivity index (χ0v) is 21.5. The van der Waals surface area contributed by atoms with Gasteiger partial charge in [-0.15, -0.1) is 0 Å². The van der Waals surface area contributed by atoms with Gasteiger partial charge in [0, 0.05) is 18.0 Å². The molecule has 186 valence electrons. The normalized spacial score (nSPS) is 16.5. The van der Waals surface area contributed by atoms with E-state index in [0.29, 0.717) is 18.0 Å². The molecule has 0 aromatic heterocycles. The standard InChI is InChI=1S/C28H35N3O3S/c1-20(2)31-17-15-23(16-18-31)27(28(32)29-19-22-9-5-4-6-10-22)30-35(33,34)26-14-13-21(3)24-11-7-8-12-25(24)26/h4-14,20,23,27,30H,15-19H2,1-3H3,(H,29,32). The van der Waals surface area contributed by atoms with Crippen LogP contribution in [0, 0.1) is 12.8 Å². The summed E-state index contributed by atoms with van der Waals surface area (Å²) in [7, 11) is -3.93. The molecule has 2 N–H and O–H groups in total. The fourth-order valence-corrected chi connectivity index (χ4v) is 6.39. The molecule has 1 unspecified atom stereocenters. The highest BCUT2D eigenvalue weighted by molar-refractivity contribution is 7.89. The van der Waals surface area contributed by atoms with Crippen molar-refractivity contribution in [3.8, 4) is 0 Å². The Morgan fingerprint density at radius 3 is 2.23 bits per heavy atom. The number of benzene rings is 3. The van der Waals surface area contributed by atoms with Crippen molar-refractivity contribution >= 4 is 26.7 Å². The second-order valence-corrected chi connectivity index (χ2v) is 11.4. The van der Waals surface area contributed by atoms with Crippen LogP contribution in [0.4, 0.5) is 0 Å². The van der Waals surface area contributed by atoms with Crippen LogP contribution in [0.3, 0.4) is 0 Å². The Morgan fingerprint density at radius 1 is 0.943 bits per heavy atom. The Hall–Kier alpha value is -2.74. The lowest BCUT2D eigenvalue weighted by atomic mass is 9.89. The minimum absolute atomic E-state index is 0.0766. The number of carbonyl (C=O) groups is 1. The fraction of sp³-hybridized carbons (Fsp3) is 0.393. The van der Waals surface area contributed by atoms with E-state index in [0.717, 1.165) is 42.4 Å². The summed E-state index contributed by atoms with van der Waals surface area (Å²) < 4.78 is 30.1. The van der Waals surface area contributed by atoms with Crippen molar-refractivity contribution in [3.05, 3.63) is 77.9 Å². The number of likely N-dealkylation sites (tertiary alicyclic amines) is 1. The van der Waals surface area contributed by atoms with Crippen molar-refractivity contribution in [2.24, 2.45) is 5.92 Å². The summed E-state index contributed by atoms with van der Waals surface area (Å²) in [5.74, 6) is -0.357. The first-order valence-corrected chi connectivity index (χ1v) is 13.8. The van der Waals surface area contributed by atoms with Gasteiger partial charge in [-0.05, 0) is 75.2 Å². The molecule has 1 saturated heterocycles. The highest BCUT2D eigenvalue weighted by Gasteiger charge is 2.35. The molecule has 35 heavy (non-hydrogen) atoms. The summed E-state index contributed by atoms with van der Waals surface area (Å²) in [5.41, 5.74) is 1.99. The smallest absolute Gasteiger partial charge is 0.241 e. The van der Waals surface area contributed by atoms with E-state index in [-0.39, 0.29) is 16.7 Å². The van der Waals surface area contributed by atoms with Gasteiger partial charge in [-0.1, -0.05) is 60.7 Å². The molecule has 1 fully saturated rings. The van der Waals surface area contributed by atoms with Crippen LogP contribution in [-0.4, -0.2) is 44.4 Å². The van der Waals surface area contributed by atoms with Gasteiger partial charge in [-0.2, -0.15) is 4.72 Å². The van der Waals surface area contributed by atoms with Crippen LogP contribution in [0.1, 0.15) is 37.8 Å². The SMILES string of the molecule is Cc1ccc(S(=O)(=O)NC(C(=O)NCc2ccccc2)C2CCN(C(C)C)CC2)c2ccccc12. The number of sulfonamides is 1. The number of carbonyl (C=O) groups excluding carboxylic acids is 1. The summed E-state index contributed by atoms with van der Waals surface area (Å²) in [6, 6.07) is 20.2. The van der Waals surface area contributed by atoms with Gasteiger partial charge in [0.15, 0.2) is 0 Å². The second-order valence-electron chi connectivity index (χ2n) is 9.70. The second kappa shape index (κ2) is 10.9. The predicted molar refractivity (Wildman–Crippen MR) is 141 cm³/mol. The quantitative estimate of drug-likeness (QED) is 0.492. The number of hydrogen-bond donors (Lipinski definition) is 2. The fourth-order valence-electron chi connectivity index (χ4n) is 4.92. The lowest BCUT2D eigenvalue weighted by Gasteiger charge is -2.37. The van der Waals surface area contributed by atoms with E-state index in [1.807, 2.05) is 67.6 Å². The van der Waals surface area contributed by atoms with Gasteiger partial charge >= 0.3 is 0 Å². The van der Waals surface area contributed by atoms with Gasteiger partial charge < -0.3 is 10.2 Å². The van der Waals surface area contributed by atoms with E-state index in [4.69, 9.17) is 0 Å². The number of fused-ring (bicyclic) bond motifs is 1. The molecular formula is C28H35N3O3S. The molecule has 3 aromatic carbocycles. The number of rotatable bonds is 8. The van der Waals surface area contributed by atoms with Gasteiger partial charge in [0.1, 0.15) is 6.04 Å². The van der Waals surface area contributed by atoms with Crippen LogP contribution >= 0.6 is 0 Å². The predicted octanol–water partition coefficient (Wildman–Crippen LogP) is 4.23. The average Bonchev–Trinajstić information content (AvgIpc) is 2.87. The first-order valence-electron chi connectivity index (χ1n) is 12.3. The monoisotopic (exact) mass is 493 g/mol. The maximum atomic E-state index is 13.7. The Morgan fingerprint density at radius 2 is 1.57 bits per heavy atom. The van der Waals surface area contributed by atoms with Crippen LogP contribution in [0.5, 0.6) is 0 Å². The Balaban J connectivity index is 1.60. The zero-order chi connectivity index (χ0) is 25.0. The number of nitrogens with zero attached hydrogens (tertiary/aromatic N) is 1.